The molecule has 112 valence electrons. The Labute approximate surface area is 123 Å². The molecule has 0 spiro atoms. The Kier molecular flexibility index (Phi) is 4.92. The van der Waals surface area contributed by atoms with Crippen LogP contribution < -0.4 is 5.32 Å². The summed E-state index contributed by atoms with van der Waals surface area (Å²) in [5.41, 5.74) is 0.990. The number of likely N-dealkylation sites (N-methyl/N-ethyl adjacent to an activating group) is 1. The first kappa shape index (κ1) is 15.0. The third kappa shape index (κ3) is 3.81. The Bertz CT molecular complexity index is 530. The lowest BCUT2D eigenvalue weighted by Crippen LogP contribution is -2.56. The quantitative estimate of drug-likeness (QED) is 0.775. The van der Waals surface area contributed by atoms with Gasteiger partial charge in [-0.15, -0.1) is 0 Å². The first-order chi connectivity index (χ1) is 10.1. The van der Waals surface area contributed by atoms with E-state index in [1.807, 2.05) is 37.3 Å². The molecule has 2 rings (SSSR count). The summed E-state index contributed by atoms with van der Waals surface area (Å²) in [6.45, 7) is 3.56. The van der Waals surface area contributed by atoms with Crippen LogP contribution in [0.2, 0.25) is 0 Å². The zero-order valence-corrected chi connectivity index (χ0v) is 12.0. The Morgan fingerprint density at radius 2 is 1.71 bits per heavy atom. The van der Waals surface area contributed by atoms with Crippen molar-refractivity contribution in [3.8, 4) is 0 Å². The van der Waals surface area contributed by atoms with Crippen molar-refractivity contribution in [2.45, 2.75) is 13.5 Å². The van der Waals surface area contributed by atoms with Gasteiger partial charge >= 0.3 is 11.8 Å². The summed E-state index contributed by atoms with van der Waals surface area (Å²) < 4.78 is 0. The Morgan fingerprint density at radius 1 is 1.10 bits per heavy atom. The maximum atomic E-state index is 11.9. The molecule has 1 N–H and O–H groups in total. The maximum Gasteiger partial charge on any atom is 0.312 e. The van der Waals surface area contributed by atoms with E-state index in [2.05, 4.69) is 5.32 Å². The molecule has 1 fully saturated rings. The molecule has 0 radical (unpaired) electrons. The molecule has 3 amide bonds. The van der Waals surface area contributed by atoms with Gasteiger partial charge in [-0.3, -0.25) is 14.4 Å². The second kappa shape index (κ2) is 6.88. The van der Waals surface area contributed by atoms with Crippen molar-refractivity contribution in [2.75, 3.05) is 26.2 Å². The molecule has 0 atom stereocenters. The normalized spacial score (nSPS) is 15.3. The topological polar surface area (TPSA) is 69.7 Å². The molecule has 1 aromatic carbocycles. The van der Waals surface area contributed by atoms with Gasteiger partial charge < -0.3 is 15.1 Å². The molecule has 0 aromatic heterocycles. The third-order valence-corrected chi connectivity index (χ3v) is 3.45. The van der Waals surface area contributed by atoms with Crippen molar-refractivity contribution < 1.29 is 14.4 Å². The van der Waals surface area contributed by atoms with Gasteiger partial charge in [0.2, 0.25) is 5.91 Å². The van der Waals surface area contributed by atoms with Crippen LogP contribution >= 0.6 is 0 Å². The number of benzene rings is 1. The molecular formula is C15H19N3O3. The summed E-state index contributed by atoms with van der Waals surface area (Å²) in [4.78, 5) is 38.2. The van der Waals surface area contributed by atoms with Crippen LogP contribution in [-0.2, 0) is 20.9 Å². The van der Waals surface area contributed by atoms with E-state index >= 15 is 0 Å². The lowest BCUT2D eigenvalue weighted by molar-refractivity contribution is -0.156. The van der Waals surface area contributed by atoms with Crippen molar-refractivity contribution >= 4 is 17.7 Å². The highest BCUT2D eigenvalue weighted by molar-refractivity contribution is 6.35. The fourth-order valence-electron chi connectivity index (χ4n) is 2.19. The summed E-state index contributed by atoms with van der Waals surface area (Å²) in [5, 5.41) is 2.75. The predicted octanol–water partition coefficient (Wildman–Crippen LogP) is -0.00650. The molecule has 21 heavy (non-hydrogen) atoms. The van der Waals surface area contributed by atoms with Crippen LogP contribution in [0.25, 0.3) is 0 Å². The SMILES string of the molecule is CCN1CCN(CC(=O)NCc2ccccc2)C(=O)C1=O. The summed E-state index contributed by atoms with van der Waals surface area (Å²) in [6, 6.07) is 9.52. The lowest BCUT2D eigenvalue weighted by Gasteiger charge is -2.32. The van der Waals surface area contributed by atoms with E-state index in [0.717, 1.165) is 5.56 Å². The standard InChI is InChI=1S/C15H19N3O3/c1-2-17-8-9-18(15(21)14(17)20)11-13(19)16-10-12-6-4-3-5-7-12/h3-7H,2,8-11H2,1H3,(H,16,19). The van der Waals surface area contributed by atoms with Gasteiger partial charge in [0.15, 0.2) is 0 Å². The van der Waals surface area contributed by atoms with Gasteiger partial charge in [-0.2, -0.15) is 0 Å². The molecule has 0 saturated carbocycles. The molecular weight excluding hydrogens is 270 g/mol. The van der Waals surface area contributed by atoms with E-state index in [-0.39, 0.29) is 12.5 Å². The van der Waals surface area contributed by atoms with Gasteiger partial charge in [0.05, 0.1) is 0 Å². The molecule has 1 aromatic rings. The first-order valence-corrected chi connectivity index (χ1v) is 7.00. The molecule has 1 heterocycles. The van der Waals surface area contributed by atoms with Gasteiger partial charge in [-0.05, 0) is 12.5 Å². The Morgan fingerprint density at radius 3 is 2.38 bits per heavy atom. The molecule has 6 heteroatoms. The summed E-state index contributed by atoms with van der Waals surface area (Å²) in [6.07, 6.45) is 0. The van der Waals surface area contributed by atoms with Gasteiger partial charge in [0, 0.05) is 26.2 Å². The number of nitrogens with one attached hydrogen (secondary N) is 1. The third-order valence-electron chi connectivity index (χ3n) is 3.45. The summed E-state index contributed by atoms with van der Waals surface area (Å²) >= 11 is 0. The molecule has 1 saturated heterocycles. The molecule has 1 aliphatic heterocycles. The van der Waals surface area contributed by atoms with Crippen molar-refractivity contribution in [1.82, 2.24) is 15.1 Å². The Hall–Kier alpha value is -2.37. The number of carbonyl (C=O) groups is 3. The molecule has 6 nitrogen and oxygen atoms in total. The summed E-state index contributed by atoms with van der Waals surface area (Å²) in [5.74, 6) is -1.39. The van der Waals surface area contributed by atoms with Crippen LogP contribution in [0.15, 0.2) is 30.3 Å². The number of hydrogen-bond acceptors (Lipinski definition) is 3. The second-order valence-corrected chi connectivity index (χ2v) is 4.87. The van der Waals surface area contributed by atoms with Crippen LogP contribution in [0.1, 0.15) is 12.5 Å². The average molecular weight is 289 g/mol. The minimum atomic E-state index is -0.599. The minimum absolute atomic E-state index is 0.0744. The minimum Gasteiger partial charge on any atom is -0.350 e. The van der Waals surface area contributed by atoms with Crippen molar-refractivity contribution in [2.24, 2.45) is 0 Å². The summed E-state index contributed by atoms with van der Waals surface area (Å²) in [7, 11) is 0. The monoisotopic (exact) mass is 289 g/mol. The number of carbonyl (C=O) groups excluding carboxylic acids is 3. The number of amides is 3. The zero-order chi connectivity index (χ0) is 15.2. The number of hydrogen-bond donors (Lipinski definition) is 1. The van der Waals surface area contributed by atoms with Crippen molar-refractivity contribution in [3.05, 3.63) is 35.9 Å². The number of nitrogens with zero attached hydrogens (tertiary/aromatic N) is 2. The van der Waals surface area contributed by atoms with Crippen LogP contribution in [0.4, 0.5) is 0 Å². The van der Waals surface area contributed by atoms with E-state index in [4.69, 9.17) is 0 Å². The highest BCUT2D eigenvalue weighted by Crippen LogP contribution is 2.04. The second-order valence-electron chi connectivity index (χ2n) is 4.87. The Balaban J connectivity index is 1.83. The van der Waals surface area contributed by atoms with Crippen LogP contribution in [0.3, 0.4) is 0 Å². The van der Waals surface area contributed by atoms with Gasteiger partial charge in [0.25, 0.3) is 0 Å². The predicted molar refractivity (Wildman–Crippen MR) is 77.1 cm³/mol. The molecule has 1 aliphatic rings. The smallest absolute Gasteiger partial charge is 0.312 e. The van der Waals surface area contributed by atoms with Crippen molar-refractivity contribution in [3.63, 3.8) is 0 Å². The van der Waals surface area contributed by atoms with Crippen LogP contribution in [-0.4, -0.2) is 53.7 Å². The lowest BCUT2D eigenvalue weighted by atomic mass is 10.2. The fourth-order valence-corrected chi connectivity index (χ4v) is 2.19. The molecule has 0 bridgehead atoms. The van der Waals surface area contributed by atoms with Gasteiger partial charge in [0.1, 0.15) is 6.54 Å². The highest BCUT2D eigenvalue weighted by Gasteiger charge is 2.32. The van der Waals surface area contributed by atoms with E-state index in [1.165, 1.54) is 9.80 Å². The number of piperazine rings is 1. The van der Waals surface area contributed by atoms with Gasteiger partial charge in [-0.1, -0.05) is 30.3 Å². The van der Waals surface area contributed by atoms with E-state index < -0.39 is 11.8 Å². The average Bonchev–Trinajstić information content (AvgIpc) is 2.51. The van der Waals surface area contributed by atoms with Gasteiger partial charge in [-0.25, -0.2) is 0 Å². The van der Waals surface area contributed by atoms with Crippen LogP contribution in [0.5, 0.6) is 0 Å². The maximum absolute atomic E-state index is 11.9. The van der Waals surface area contributed by atoms with E-state index in [9.17, 15) is 14.4 Å². The van der Waals surface area contributed by atoms with Crippen LogP contribution in [0, 0.1) is 0 Å². The largest absolute Gasteiger partial charge is 0.350 e. The van der Waals surface area contributed by atoms with E-state index in [0.29, 0.717) is 26.2 Å². The van der Waals surface area contributed by atoms with E-state index in [1.54, 1.807) is 0 Å². The van der Waals surface area contributed by atoms with Crippen molar-refractivity contribution in [1.29, 1.82) is 0 Å². The number of rotatable bonds is 5. The highest BCUT2D eigenvalue weighted by atomic mass is 16.2. The molecule has 0 aliphatic carbocycles. The molecule has 0 unspecified atom stereocenters. The fraction of sp³-hybridized carbons (Fsp3) is 0.400. The first-order valence-electron chi connectivity index (χ1n) is 7.00. The zero-order valence-electron chi connectivity index (χ0n) is 12.0.